The van der Waals surface area contributed by atoms with Gasteiger partial charge in [0.15, 0.2) is 0 Å². The number of imide groups is 1. The maximum atomic E-state index is 12.3. The van der Waals surface area contributed by atoms with Crippen molar-refractivity contribution in [2.24, 2.45) is 0 Å². The molecule has 0 aliphatic carbocycles. The molecule has 0 heterocycles. The molecule has 0 aromatic heterocycles. The fourth-order valence-electron chi connectivity index (χ4n) is 2.04. The molecular weight excluding hydrogens is 324 g/mol. The molecule has 2 aromatic carbocycles. The van der Waals surface area contributed by atoms with Gasteiger partial charge < -0.3 is 14.8 Å². The zero-order valence-corrected chi connectivity index (χ0v) is 13.8. The van der Waals surface area contributed by atoms with Crippen LogP contribution in [-0.4, -0.2) is 32.1 Å². The van der Waals surface area contributed by atoms with E-state index in [0.29, 0.717) is 11.3 Å². The van der Waals surface area contributed by atoms with Gasteiger partial charge in [-0.15, -0.1) is 0 Å². The second kappa shape index (κ2) is 8.49. The molecule has 0 unspecified atom stereocenters. The van der Waals surface area contributed by atoms with Gasteiger partial charge in [0.1, 0.15) is 5.75 Å². The molecule has 7 heteroatoms. The summed E-state index contributed by atoms with van der Waals surface area (Å²) in [4.78, 5) is 36.0. The monoisotopic (exact) mass is 342 g/mol. The molecule has 0 aliphatic rings. The highest BCUT2D eigenvalue weighted by Gasteiger charge is 2.26. The van der Waals surface area contributed by atoms with Gasteiger partial charge in [-0.2, -0.15) is 0 Å². The molecule has 0 fully saturated rings. The maximum Gasteiger partial charge on any atom is 0.339 e. The summed E-state index contributed by atoms with van der Waals surface area (Å²) < 4.78 is 10.4. The third kappa shape index (κ3) is 4.81. The van der Waals surface area contributed by atoms with Gasteiger partial charge in [0.2, 0.25) is 6.10 Å². The van der Waals surface area contributed by atoms with Crippen molar-refractivity contribution in [3.8, 4) is 5.75 Å². The van der Waals surface area contributed by atoms with Crippen LogP contribution in [0.2, 0.25) is 0 Å². The zero-order chi connectivity index (χ0) is 18.2. The predicted molar refractivity (Wildman–Crippen MR) is 90.2 cm³/mol. The van der Waals surface area contributed by atoms with E-state index in [-0.39, 0.29) is 5.56 Å². The van der Waals surface area contributed by atoms with E-state index >= 15 is 0 Å². The average Bonchev–Trinajstić information content (AvgIpc) is 2.66. The van der Waals surface area contributed by atoms with Crippen LogP contribution in [0.1, 0.15) is 22.0 Å². The molecule has 130 valence electrons. The maximum absolute atomic E-state index is 12.3. The third-order valence-electron chi connectivity index (χ3n) is 3.35. The van der Waals surface area contributed by atoms with Gasteiger partial charge in [0, 0.05) is 12.6 Å². The molecule has 0 saturated carbocycles. The summed E-state index contributed by atoms with van der Waals surface area (Å²) in [5, 5.41) is 4.39. The first-order chi connectivity index (χ1) is 12.0. The Morgan fingerprint density at radius 3 is 2.16 bits per heavy atom. The molecule has 0 radical (unpaired) electrons. The summed E-state index contributed by atoms with van der Waals surface area (Å²) in [5.41, 5.74) is 0.709. The van der Waals surface area contributed by atoms with Crippen LogP contribution < -0.4 is 15.4 Å². The third-order valence-corrected chi connectivity index (χ3v) is 3.35. The molecule has 0 saturated heterocycles. The first-order valence-electron chi connectivity index (χ1n) is 7.47. The number of carbonyl (C=O) groups excluding carboxylic acids is 3. The van der Waals surface area contributed by atoms with Crippen LogP contribution in [0, 0.1) is 0 Å². The van der Waals surface area contributed by atoms with E-state index in [1.54, 1.807) is 42.5 Å². The average molecular weight is 342 g/mol. The lowest BCUT2D eigenvalue weighted by molar-refractivity contribution is -0.129. The van der Waals surface area contributed by atoms with E-state index in [2.05, 4.69) is 10.6 Å². The molecule has 7 nitrogen and oxygen atoms in total. The minimum atomic E-state index is -1.26. The summed E-state index contributed by atoms with van der Waals surface area (Å²) in [6.07, 6.45) is -1.26. The lowest BCUT2D eigenvalue weighted by Gasteiger charge is -2.17. The van der Waals surface area contributed by atoms with Gasteiger partial charge in [-0.3, -0.25) is 10.1 Å². The number of nitrogens with one attached hydrogen (secondary N) is 2. The van der Waals surface area contributed by atoms with E-state index in [9.17, 15) is 14.4 Å². The van der Waals surface area contributed by atoms with E-state index in [1.165, 1.54) is 26.3 Å². The predicted octanol–water partition coefficient (Wildman–Crippen LogP) is 2.05. The summed E-state index contributed by atoms with van der Waals surface area (Å²) in [6.45, 7) is 0. The molecule has 2 aromatic rings. The normalized spacial score (nSPS) is 11.1. The van der Waals surface area contributed by atoms with Gasteiger partial charge in [0.25, 0.3) is 5.91 Å². The van der Waals surface area contributed by atoms with Crippen molar-refractivity contribution in [3.63, 3.8) is 0 Å². The van der Waals surface area contributed by atoms with Crippen molar-refractivity contribution in [1.82, 2.24) is 10.6 Å². The fourth-order valence-corrected chi connectivity index (χ4v) is 2.04. The summed E-state index contributed by atoms with van der Waals surface area (Å²) in [7, 11) is 2.89. The number of ether oxygens (including phenoxy) is 2. The van der Waals surface area contributed by atoms with E-state index < -0.39 is 24.0 Å². The second-order valence-corrected chi connectivity index (χ2v) is 4.99. The number of benzene rings is 2. The first-order valence-corrected chi connectivity index (χ1v) is 7.47. The van der Waals surface area contributed by atoms with Gasteiger partial charge >= 0.3 is 12.0 Å². The molecule has 3 amide bonds. The highest BCUT2D eigenvalue weighted by atomic mass is 16.5. The smallest absolute Gasteiger partial charge is 0.339 e. The molecule has 0 bridgehead atoms. The van der Waals surface area contributed by atoms with Gasteiger partial charge in [-0.05, 0) is 24.3 Å². The Bertz CT molecular complexity index is 744. The van der Waals surface area contributed by atoms with Crippen molar-refractivity contribution in [2.75, 3.05) is 14.2 Å². The summed E-state index contributed by atoms with van der Waals surface area (Å²) >= 11 is 0. The number of amides is 3. The first kappa shape index (κ1) is 18.0. The number of esters is 1. The fraction of sp³-hybridized carbons (Fsp3) is 0.167. The molecule has 0 aliphatic heterocycles. The van der Waals surface area contributed by atoms with E-state index in [4.69, 9.17) is 9.47 Å². The van der Waals surface area contributed by atoms with Crippen LogP contribution in [0.5, 0.6) is 5.75 Å². The van der Waals surface area contributed by atoms with Crippen molar-refractivity contribution < 1.29 is 23.9 Å². The molecular formula is C18H18N2O5. The highest BCUT2D eigenvalue weighted by Crippen LogP contribution is 2.20. The number of hydrogen-bond donors (Lipinski definition) is 2. The molecule has 25 heavy (non-hydrogen) atoms. The Balaban J connectivity index is 2.21. The van der Waals surface area contributed by atoms with Gasteiger partial charge in [-0.25, -0.2) is 9.59 Å². The minimum Gasteiger partial charge on any atom is -0.497 e. The van der Waals surface area contributed by atoms with Crippen LogP contribution in [0.4, 0.5) is 4.79 Å². The van der Waals surface area contributed by atoms with Crippen LogP contribution >= 0.6 is 0 Å². The molecule has 1 atom stereocenters. The van der Waals surface area contributed by atoms with Crippen LogP contribution in [0.3, 0.4) is 0 Å². The van der Waals surface area contributed by atoms with Crippen molar-refractivity contribution in [2.45, 2.75) is 6.10 Å². The standard InChI is InChI=1S/C18H18N2O5/c1-19-18(23)20-16(21)15(12-6-4-3-5-7-12)25-17(22)13-8-10-14(24-2)11-9-13/h3-11,15H,1-2H3,(H2,19,20,21,23)/t15-/m0/s1. The van der Waals surface area contributed by atoms with Gasteiger partial charge in [-0.1, -0.05) is 30.3 Å². The van der Waals surface area contributed by atoms with Crippen LogP contribution in [0.25, 0.3) is 0 Å². The van der Waals surface area contributed by atoms with Crippen molar-refractivity contribution in [1.29, 1.82) is 0 Å². The number of hydrogen-bond acceptors (Lipinski definition) is 5. The Labute approximate surface area is 144 Å². The Morgan fingerprint density at radius 1 is 0.960 bits per heavy atom. The Hall–Kier alpha value is -3.35. The van der Waals surface area contributed by atoms with Crippen molar-refractivity contribution in [3.05, 3.63) is 65.7 Å². The quantitative estimate of drug-likeness (QED) is 0.811. The molecule has 2 rings (SSSR count). The SMILES string of the molecule is CNC(=O)NC(=O)[C@@H](OC(=O)c1ccc(OC)cc1)c1ccccc1. The summed E-state index contributed by atoms with van der Waals surface area (Å²) in [6, 6.07) is 14.0. The summed E-state index contributed by atoms with van der Waals surface area (Å²) in [5.74, 6) is -0.843. The minimum absolute atomic E-state index is 0.259. The van der Waals surface area contributed by atoms with Crippen LogP contribution in [-0.2, 0) is 9.53 Å². The lowest BCUT2D eigenvalue weighted by atomic mass is 10.1. The van der Waals surface area contributed by atoms with Gasteiger partial charge in [0.05, 0.1) is 12.7 Å². The Morgan fingerprint density at radius 2 is 1.60 bits per heavy atom. The van der Waals surface area contributed by atoms with E-state index in [1.807, 2.05) is 0 Å². The number of methoxy groups -OCH3 is 1. The molecule has 2 N–H and O–H groups in total. The topological polar surface area (TPSA) is 93.7 Å². The highest BCUT2D eigenvalue weighted by molar-refractivity contribution is 5.99. The van der Waals surface area contributed by atoms with Crippen molar-refractivity contribution >= 4 is 17.9 Å². The Kier molecular flexibility index (Phi) is 6.11. The lowest BCUT2D eigenvalue weighted by Crippen LogP contribution is -2.41. The molecule has 0 spiro atoms. The number of carbonyl (C=O) groups is 3. The largest absolute Gasteiger partial charge is 0.497 e. The van der Waals surface area contributed by atoms with Crippen LogP contribution in [0.15, 0.2) is 54.6 Å². The zero-order valence-electron chi connectivity index (χ0n) is 13.8. The number of rotatable bonds is 5. The number of urea groups is 1. The van der Waals surface area contributed by atoms with E-state index in [0.717, 1.165) is 0 Å². The second-order valence-electron chi connectivity index (χ2n) is 4.99.